The zero-order chi connectivity index (χ0) is 10.7. The Hall–Kier alpha value is -1.16. The van der Waals surface area contributed by atoms with Crippen molar-refractivity contribution in [3.05, 3.63) is 18.1 Å². The quantitative estimate of drug-likeness (QED) is 0.785. The van der Waals surface area contributed by atoms with E-state index >= 15 is 0 Å². The normalized spacial score (nSPS) is 18.1. The van der Waals surface area contributed by atoms with Crippen LogP contribution < -0.4 is 4.90 Å². The second kappa shape index (κ2) is 4.57. The third-order valence-electron chi connectivity index (χ3n) is 3.03. The molecule has 0 radical (unpaired) electrons. The van der Waals surface area contributed by atoms with Crippen LogP contribution in [0.25, 0.3) is 0 Å². The third-order valence-corrected chi connectivity index (χ3v) is 3.03. The van der Waals surface area contributed by atoms with Gasteiger partial charge in [-0.1, -0.05) is 0 Å². The zero-order valence-corrected chi connectivity index (χ0v) is 9.06. The van der Waals surface area contributed by atoms with Gasteiger partial charge >= 0.3 is 0 Å². The van der Waals surface area contributed by atoms with Crippen molar-refractivity contribution >= 4 is 5.82 Å². The van der Waals surface area contributed by atoms with Gasteiger partial charge in [0.2, 0.25) is 0 Å². The van der Waals surface area contributed by atoms with E-state index in [2.05, 4.69) is 14.9 Å². The van der Waals surface area contributed by atoms with E-state index in [0.717, 1.165) is 37.4 Å². The highest BCUT2D eigenvalue weighted by Crippen LogP contribution is 2.22. The maximum Gasteiger partial charge on any atom is 0.150 e. The van der Waals surface area contributed by atoms with E-state index in [-0.39, 0.29) is 0 Å². The smallest absolute Gasteiger partial charge is 0.150 e. The van der Waals surface area contributed by atoms with E-state index in [1.54, 1.807) is 12.4 Å². The summed E-state index contributed by atoms with van der Waals surface area (Å²) in [6, 6.07) is 0. The molecule has 0 spiro atoms. The number of anilines is 1. The van der Waals surface area contributed by atoms with Gasteiger partial charge in [-0.05, 0) is 25.7 Å². The van der Waals surface area contributed by atoms with Crippen LogP contribution in [0.15, 0.2) is 12.4 Å². The zero-order valence-electron chi connectivity index (χ0n) is 9.06. The standard InChI is InChI=1S/C11H17N3O/c1-9-11(13-5-4-12-9)14-6-2-10(8-15)3-7-14/h4-5,10,15H,2-3,6-8H2,1H3. The lowest BCUT2D eigenvalue weighted by Gasteiger charge is -2.32. The molecular weight excluding hydrogens is 190 g/mol. The molecule has 4 heteroatoms. The van der Waals surface area contributed by atoms with Crippen molar-refractivity contribution in [1.29, 1.82) is 0 Å². The molecule has 2 heterocycles. The lowest BCUT2D eigenvalue weighted by Crippen LogP contribution is -2.35. The Kier molecular flexibility index (Phi) is 3.16. The number of nitrogens with zero attached hydrogens (tertiary/aromatic N) is 3. The number of aromatic nitrogens is 2. The van der Waals surface area contributed by atoms with Crippen molar-refractivity contribution in [2.75, 3.05) is 24.6 Å². The number of rotatable bonds is 2. The summed E-state index contributed by atoms with van der Waals surface area (Å²) in [4.78, 5) is 10.9. The van der Waals surface area contributed by atoms with Gasteiger partial charge in [0.05, 0.1) is 5.69 Å². The third kappa shape index (κ3) is 2.26. The highest BCUT2D eigenvalue weighted by atomic mass is 16.3. The highest BCUT2D eigenvalue weighted by molar-refractivity contribution is 5.42. The Balaban J connectivity index is 2.04. The van der Waals surface area contributed by atoms with Gasteiger partial charge in [0, 0.05) is 32.1 Å². The Labute approximate surface area is 90.0 Å². The summed E-state index contributed by atoms with van der Waals surface area (Å²) >= 11 is 0. The van der Waals surface area contributed by atoms with Gasteiger partial charge in [-0.15, -0.1) is 0 Å². The van der Waals surface area contributed by atoms with E-state index in [1.807, 2.05) is 6.92 Å². The first-order valence-electron chi connectivity index (χ1n) is 5.44. The van der Waals surface area contributed by atoms with Crippen molar-refractivity contribution in [3.63, 3.8) is 0 Å². The van der Waals surface area contributed by atoms with Crippen LogP contribution in [0.1, 0.15) is 18.5 Å². The Bertz CT molecular complexity index is 321. The molecule has 1 fully saturated rings. The number of aliphatic hydroxyl groups is 1. The first kappa shape index (κ1) is 10.4. The molecule has 1 aliphatic heterocycles. The van der Waals surface area contributed by atoms with E-state index in [4.69, 9.17) is 5.11 Å². The fourth-order valence-corrected chi connectivity index (χ4v) is 2.04. The van der Waals surface area contributed by atoms with Crippen molar-refractivity contribution in [2.24, 2.45) is 5.92 Å². The molecule has 4 nitrogen and oxygen atoms in total. The fraction of sp³-hybridized carbons (Fsp3) is 0.636. The summed E-state index contributed by atoms with van der Waals surface area (Å²) in [5, 5.41) is 9.06. The molecule has 1 saturated heterocycles. The topological polar surface area (TPSA) is 49.2 Å². The highest BCUT2D eigenvalue weighted by Gasteiger charge is 2.20. The predicted octanol–water partition coefficient (Wildman–Crippen LogP) is 0.994. The first-order chi connectivity index (χ1) is 7.31. The average Bonchev–Trinajstić information content (AvgIpc) is 2.30. The van der Waals surface area contributed by atoms with Crippen molar-refractivity contribution in [2.45, 2.75) is 19.8 Å². The molecule has 15 heavy (non-hydrogen) atoms. The van der Waals surface area contributed by atoms with E-state index in [9.17, 15) is 0 Å². The van der Waals surface area contributed by atoms with Gasteiger partial charge < -0.3 is 10.0 Å². The Morgan fingerprint density at radius 3 is 2.60 bits per heavy atom. The maximum atomic E-state index is 9.06. The molecule has 0 aliphatic carbocycles. The van der Waals surface area contributed by atoms with Crippen molar-refractivity contribution in [3.8, 4) is 0 Å². The summed E-state index contributed by atoms with van der Waals surface area (Å²) in [6.07, 6.45) is 5.55. The molecule has 0 unspecified atom stereocenters. The van der Waals surface area contributed by atoms with Gasteiger partial charge in [0.1, 0.15) is 5.82 Å². The number of aliphatic hydroxyl groups excluding tert-OH is 1. The monoisotopic (exact) mass is 207 g/mol. The molecule has 2 rings (SSSR count). The first-order valence-corrected chi connectivity index (χ1v) is 5.44. The molecule has 1 aromatic rings. The van der Waals surface area contributed by atoms with E-state index in [0.29, 0.717) is 12.5 Å². The molecule has 1 aliphatic rings. The van der Waals surface area contributed by atoms with Crippen LogP contribution in [0.5, 0.6) is 0 Å². The van der Waals surface area contributed by atoms with Gasteiger partial charge in [0.25, 0.3) is 0 Å². The number of aryl methyl sites for hydroxylation is 1. The number of hydrogen-bond donors (Lipinski definition) is 1. The minimum atomic E-state index is 0.313. The van der Waals surface area contributed by atoms with Crippen LogP contribution in [0.3, 0.4) is 0 Å². The Morgan fingerprint density at radius 2 is 2.00 bits per heavy atom. The van der Waals surface area contributed by atoms with Crippen molar-refractivity contribution in [1.82, 2.24) is 9.97 Å². The van der Waals surface area contributed by atoms with Crippen LogP contribution in [-0.4, -0.2) is 34.8 Å². The molecule has 0 aromatic carbocycles. The number of hydrogen-bond acceptors (Lipinski definition) is 4. The molecule has 0 saturated carbocycles. The van der Waals surface area contributed by atoms with Gasteiger partial charge in [-0.25, -0.2) is 4.98 Å². The molecular formula is C11H17N3O. The van der Waals surface area contributed by atoms with Crippen molar-refractivity contribution < 1.29 is 5.11 Å². The molecule has 0 atom stereocenters. The molecule has 0 amide bonds. The lowest BCUT2D eigenvalue weighted by atomic mass is 9.98. The predicted molar refractivity (Wildman–Crippen MR) is 58.8 cm³/mol. The van der Waals surface area contributed by atoms with Crippen LogP contribution in [0.4, 0.5) is 5.82 Å². The summed E-state index contributed by atoms with van der Waals surface area (Å²) in [6.45, 7) is 4.25. The lowest BCUT2D eigenvalue weighted by molar-refractivity contribution is 0.202. The largest absolute Gasteiger partial charge is 0.396 e. The van der Waals surface area contributed by atoms with Gasteiger partial charge in [-0.3, -0.25) is 4.98 Å². The van der Waals surface area contributed by atoms with Crippen LogP contribution >= 0.6 is 0 Å². The number of piperidine rings is 1. The Morgan fingerprint density at radius 1 is 1.33 bits per heavy atom. The SMILES string of the molecule is Cc1nccnc1N1CCC(CO)CC1. The van der Waals surface area contributed by atoms with Crippen LogP contribution in [0, 0.1) is 12.8 Å². The minimum absolute atomic E-state index is 0.313. The average molecular weight is 207 g/mol. The van der Waals surface area contributed by atoms with Gasteiger partial charge in [-0.2, -0.15) is 0 Å². The minimum Gasteiger partial charge on any atom is -0.396 e. The summed E-state index contributed by atoms with van der Waals surface area (Å²) in [5.41, 5.74) is 0.986. The fourth-order valence-electron chi connectivity index (χ4n) is 2.04. The summed E-state index contributed by atoms with van der Waals surface area (Å²) < 4.78 is 0. The van der Waals surface area contributed by atoms with Gasteiger partial charge in [0.15, 0.2) is 0 Å². The molecule has 1 aromatic heterocycles. The molecule has 0 bridgehead atoms. The summed E-state index contributed by atoms with van der Waals surface area (Å²) in [7, 11) is 0. The second-order valence-corrected chi connectivity index (χ2v) is 4.08. The molecule has 82 valence electrons. The van der Waals surface area contributed by atoms with Crippen LogP contribution in [0.2, 0.25) is 0 Å². The summed E-state index contributed by atoms with van der Waals surface area (Å²) in [5.74, 6) is 1.46. The second-order valence-electron chi connectivity index (χ2n) is 4.08. The van der Waals surface area contributed by atoms with Crippen LogP contribution in [-0.2, 0) is 0 Å². The maximum absolute atomic E-state index is 9.06. The molecule has 1 N–H and O–H groups in total. The van der Waals surface area contributed by atoms with E-state index < -0.39 is 0 Å². The van der Waals surface area contributed by atoms with E-state index in [1.165, 1.54) is 0 Å².